The maximum absolute atomic E-state index is 14.1. The molecule has 0 aliphatic rings. The van der Waals surface area contributed by atoms with E-state index < -0.39 is 35.7 Å². The quantitative estimate of drug-likeness (QED) is 0.0208. The van der Waals surface area contributed by atoms with Gasteiger partial charge in [-0.3, -0.25) is 14.4 Å². The van der Waals surface area contributed by atoms with Crippen LogP contribution in [0.4, 0.5) is 4.39 Å². The third-order valence-electron chi connectivity index (χ3n) is 9.62. The number of fused-ring (bicyclic) bond motifs is 1. The Kier molecular flexibility index (Phi) is 16.0. The van der Waals surface area contributed by atoms with Crippen molar-refractivity contribution in [3.8, 4) is 29.1 Å². The SMILES string of the molecule is CCc1c(S(=O)(=O)NCP(=O)(O)Oc2ccc(C#N)c(F)c2)sc2cc(OCCCCC(=O)c3ccc(C)c(C)c3)c(OCCCNC(=O)c3ccc(OC(C)=O)c(C)c3)cc12. The van der Waals surface area contributed by atoms with Gasteiger partial charge < -0.3 is 28.9 Å². The number of nitrogens with zero attached hydrogens (tertiary/aromatic N) is 1. The Balaban J connectivity index is 1.29. The van der Waals surface area contributed by atoms with Gasteiger partial charge in [0, 0.05) is 53.2 Å². The Labute approximate surface area is 363 Å². The van der Waals surface area contributed by atoms with Gasteiger partial charge in [0.1, 0.15) is 33.9 Å². The number of rotatable bonds is 21. The second-order valence-corrected chi connectivity index (χ2v) is 19.2. The van der Waals surface area contributed by atoms with Gasteiger partial charge in [0.05, 0.1) is 18.8 Å². The second-order valence-electron chi connectivity index (χ2n) is 14.4. The zero-order chi connectivity index (χ0) is 45.2. The predicted molar refractivity (Wildman–Crippen MR) is 232 cm³/mol. The maximum Gasteiger partial charge on any atom is 0.391 e. The van der Waals surface area contributed by atoms with E-state index in [9.17, 15) is 36.7 Å². The summed E-state index contributed by atoms with van der Waals surface area (Å²) in [6.45, 7) is 9.35. The number of aryl methyl sites for hydroxylation is 4. The van der Waals surface area contributed by atoms with Crippen LogP contribution < -0.4 is 28.8 Å². The summed E-state index contributed by atoms with van der Waals surface area (Å²) in [7, 11) is -9.08. The first-order valence-corrected chi connectivity index (χ1v) is 23.7. The molecular weight excluding hydrogens is 861 g/mol. The van der Waals surface area contributed by atoms with Gasteiger partial charge in [-0.05, 0) is 111 Å². The lowest BCUT2D eigenvalue weighted by Gasteiger charge is -2.15. The molecule has 4 aromatic carbocycles. The zero-order valence-corrected chi connectivity index (χ0v) is 37.4. The first-order valence-electron chi connectivity index (χ1n) is 19.6. The summed E-state index contributed by atoms with van der Waals surface area (Å²) in [6.07, 6.45) is 1.04. The summed E-state index contributed by atoms with van der Waals surface area (Å²) < 4.78 is 79.4. The molecule has 0 spiro atoms. The van der Waals surface area contributed by atoms with Crippen molar-refractivity contribution in [2.45, 2.75) is 70.9 Å². The highest BCUT2D eigenvalue weighted by atomic mass is 32.2. The van der Waals surface area contributed by atoms with E-state index in [1.807, 2.05) is 32.0 Å². The number of hydrogen-bond donors (Lipinski definition) is 3. The lowest BCUT2D eigenvalue weighted by atomic mass is 10.0. The Morgan fingerprint density at radius 3 is 2.23 bits per heavy atom. The smallest absolute Gasteiger partial charge is 0.391 e. The molecule has 0 aliphatic heterocycles. The van der Waals surface area contributed by atoms with Crippen LogP contribution in [0.2, 0.25) is 0 Å². The molecule has 14 nitrogen and oxygen atoms in total. The van der Waals surface area contributed by atoms with Gasteiger partial charge >= 0.3 is 13.6 Å². The lowest BCUT2D eigenvalue weighted by molar-refractivity contribution is -0.131. The fourth-order valence-corrected chi connectivity index (χ4v) is 10.7. The summed E-state index contributed by atoms with van der Waals surface area (Å²) in [5.74, 6) is -1.09. The number of ketones is 1. The minimum absolute atomic E-state index is 0.0278. The van der Waals surface area contributed by atoms with Crippen LogP contribution in [0.1, 0.15) is 88.1 Å². The average Bonchev–Trinajstić information content (AvgIpc) is 3.59. The number of nitriles is 1. The molecular formula is C44H47FN3O11PS2. The van der Waals surface area contributed by atoms with Crippen LogP contribution in [0.25, 0.3) is 10.1 Å². The van der Waals surface area contributed by atoms with Crippen LogP contribution in [0, 0.1) is 37.9 Å². The number of carbonyl (C=O) groups excluding carboxylic acids is 3. The molecule has 1 heterocycles. The summed E-state index contributed by atoms with van der Waals surface area (Å²) >= 11 is 0.929. The van der Waals surface area contributed by atoms with Crippen molar-refractivity contribution in [3.05, 3.63) is 111 Å². The Morgan fingerprint density at radius 1 is 0.871 bits per heavy atom. The van der Waals surface area contributed by atoms with Crippen LogP contribution in [0.3, 0.4) is 0 Å². The number of halogens is 1. The number of esters is 1. The van der Waals surface area contributed by atoms with Gasteiger partial charge in [-0.1, -0.05) is 19.1 Å². The zero-order valence-electron chi connectivity index (χ0n) is 34.8. The molecule has 328 valence electrons. The van der Waals surface area contributed by atoms with Crippen LogP contribution >= 0.6 is 18.9 Å². The van der Waals surface area contributed by atoms with Crippen molar-refractivity contribution >= 4 is 56.7 Å². The molecule has 1 atom stereocenters. The standard InChI is InChI=1S/C44H47FN3O11PS2/c1-6-35-36-23-40(57-19-9-17-47-43(51)32-14-16-39(29(4)21-32)58-30(5)49)41(56-18-8-7-10-38(50)31-12-11-27(2)28(3)20-31)24-42(36)61-44(35)62(54,55)48-26-60(52,53)59-34-15-13-33(25-46)37(45)22-34/h11-16,20-24,48H,6-10,17-19,26H2,1-5H3,(H,47,51)(H,52,53). The molecule has 3 N–H and O–H groups in total. The highest BCUT2D eigenvalue weighted by Gasteiger charge is 2.30. The van der Waals surface area contributed by atoms with E-state index in [1.165, 1.54) is 6.92 Å². The Bertz CT molecular complexity index is 2700. The maximum atomic E-state index is 14.1. The molecule has 1 unspecified atom stereocenters. The number of amides is 1. The summed E-state index contributed by atoms with van der Waals surface area (Å²) in [4.78, 5) is 47.5. The van der Waals surface area contributed by atoms with Crippen molar-refractivity contribution in [1.82, 2.24) is 10.0 Å². The summed E-state index contributed by atoms with van der Waals surface area (Å²) in [5, 5.41) is 12.3. The monoisotopic (exact) mass is 907 g/mol. The topological polar surface area (TPSA) is 207 Å². The summed E-state index contributed by atoms with van der Waals surface area (Å²) in [5.41, 5.74) is 3.93. The van der Waals surface area contributed by atoms with Gasteiger partial charge in [-0.25, -0.2) is 17.4 Å². The number of Topliss-reactive ketones (excluding diaryl/α,β-unsaturated/α-hetero) is 1. The molecule has 1 aromatic heterocycles. The number of unbranched alkanes of at least 4 members (excludes halogenated alkanes) is 1. The van der Waals surface area contributed by atoms with Crippen LogP contribution in [-0.2, 0) is 25.8 Å². The Morgan fingerprint density at radius 2 is 1.56 bits per heavy atom. The van der Waals surface area contributed by atoms with Crippen LogP contribution in [0.15, 0.2) is 70.9 Å². The van der Waals surface area contributed by atoms with Crippen molar-refractivity contribution in [2.24, 2.45) is 0 Å². The molecule has 0 radical (unpaired) electrons. The van der Waals surface area contributed by atoms with Gasteiger partial charge in [0.2, 0.25) is 0 Å². The van der Waals surface area contributed by atoms with E-state index in [4.69, 9.17) is 24.0 Å². The number of benzene rings is 4. The van der Waals surface area contributed by atoms with Crippen molar-refractivity contribution < 1.29 is 55.4 Å². The van der Waals surface area contributed by atoms with Gasteiger partial charge in [-0.2, -0.15) is 9.98 Å². The third-order valence-corrected chi connectivity index (χ3v) is 14.0. The fourth-order valence-electron chi connectivity index (χ4n) is 6.23. The average molecular weight is 908 g/mol. The largest absolute Gasteiger partial charge is 0.490 e. The molecule has 18 heteroatoms. The summed E-state index contributed by atoms with van der Waals surface area (Å²) in [6, 6.07) is 18.3. The second kappa shape index (κ2) is 21.0. The van der Waals surface area contributed by atoms with Gasteiger partial charge in [0.25, 0.3) is 15.9 Å². The van der Waals surface area contributed by atoms with Gasteiger partial charge in [-0.15, -0.1) is 11.3 Å². The van der Waals surface area contributed by atoms with Gasteiger partial charge in [0.15, 0.2) is 17.3 Å². The molecule has 5 aromatic rings. The molecule has 62 heavy (non-hydrogen) atoms. The minimum Gasteiger partial charge on any atom is -0.490 e. The number of nitrogens with one attached hydrogen (secondary N) is 2. The number of ether oxygens (including phenoxy) is 3. The van der Waals surface area contributed by atoms with E-state index in [2.05, 4.69) is 10.0 Å². The first kappa shape index (κ1) is 47.4. The lowest BCUT2D eigenvalue weighted by Crippen LogP contribution is -2.26. The molecule has 0 aliphatic carbocycles. The number of hydrogen-bond acceptors (Lipinski definition) is 12. The molecule has 0 bridgehead atoms. The molecule has 0 saturated carbocycles. The number of thiophene rings is 1. The van der Waals surface area contributed by atoms with Crippen molar-refractivity contribution in [3.63, 3.8) is 0 Å². The van der Waals surface area contributed by atoms with E-state index in [0.717, 1.165) is 40.7 Å². The highest BCUT2D eigenvalue weighted by molar-refractivity contribution is 7.92. The van der Waals surface area contributed by atoms with Crippen molar-refractivity contribution in [1.29, 1.82) is 5.26 Å². The molecule has 0 saturated heterocycles. The normalized spacial score (nSPS) is 12.3. The minimum atomic E-state index is -4.69. The van der Waals surface area contributed by atoms with E-state index in [0.29, 0.717) is 75.3 Å². The third kappa shape index (κ3) is 12.5. The predicted octanol–water partition coefficient (Wildman–Crippen LogP) is 8.46. The number of carbonyl (C=O) groups is 3. The van der Waals surface area contributed by atoms with Crippen molar-refractivity contribution in [2.75, 3.05) is 26.0 Å². The fraction of sp³-hybridized carbons (Fsp3) is 0.318. The van der Waals surface area contributed by atoms with Crippen LogP contribution in [0.5, 0.6) is 23.0 Å². The van der Waals surface area contributed by atoms with E-state index in [1.54, 1.807) is 50.2 Å². The highest BCUT2D eigenvalue weighted by Crippen LogP contribution is 2.44. The molecule has 0 fully saturated rings. The first-order chi connectivity index (χ1) is 29.4. The Hall–Kier alpha value is -5.63. The van der Waals surface area contributed by atoms with Crippen LogP contribution in [-0.4, -0.2) is 57.0 Å². The van der Waals surface area contributed by atoms with E-state index in [-0.39, 0.29) is 53.4 Å². The number of sulfonamides is 1. The van der Waals surface area contributed by atoms with E-state index >= 15 is 0 Å². The molecule has 5 rings (SSSR count). The molecule has 1 amide bonds.